The maximum atomic E-state index is 14.7. The fourth-order valence-electron chi connectivity index (χ4n) is 16.5. The van der Waals surface area contributed by atoms with Gasteiger partial charge in [-0.25, -0.2) is 4.18 Å². The largest absolute Gasteiger partial charge is 0.462 e. The van der Waals surface area contributed by atoms with Crippen LogP contribution >= 0.6 is 0 Å². The first-order valence-electron chi connectivity index (χ1n) is 28.7. The van der Waals surface area contributed by atoms with Crippen molar-refractivity contribution in [3.63, 3.8) is 0 Å². The molecule has 0 bridgehead atoms. The SMILES string of the molecule is CO[C@@H]1[C@@H](O)[C@H](O[C@@H]2[C@@H](O)[C@H](O[C@H]3[C@H](O)[C@@H](C)[C@H](O[C@H]4[C@H](O[C@H]5CC[C@]6(C)C7CC[C@]89C(=O)O[C@@](C)(CCC=C(C)C)[C@H]8[C@H](OC(C)=O)C[C@@]9(C)C7=CCC6C5(C)C)OC[C@@H](OS(=O)(=O)O)[C@@H]4O)O[C@@H]3C)OC[C@H]2O)O[C@H](CO)[C@H]1O. The number of hydrogen-bond acceptors (Lipinski definition) is 23. The zero-order valence-electron chi connectivity index (χ0n) is 48.2. The van der Waals surface area contributed by atoms with E-state index >= 15 is 0 Å². The van der Waals surface area contributed by atoms with Crippen molar-refractivity contribution in [3.05, 3.63) is 23.3 Å². The van der Waals surface area contributed by atoms with Gasteiger partial charge in [0.1, 0.15) is 78.8 Å². The Morgan fingerprint density at radius 3 is 2.10 bits per heavy atom. The van der Waals surface area contributed by atoms with Gasteiger partial charge in [-0.1, -0.05) is 57.9 Å². The minimum absolute atomic E-state index is 0.0271. The lowest BCUT2D eigenvalue weighted by molar-refractivity contribution is -0.377. The summed E-state index contributed by atoms with van der Waals surface area (Å²) in [4.78, 5) is 27.4. The van der Waals surface area contributed by atoms with Crippen LogP contribution in [0.5, 0.6) is 0 Å². The van der Waals surface area contributed by atoms with E-state index in [1.807, 2.05) is 20.8 Å². The summed E-state index contributed by atoms with van der Waals surface area (Å²) in [6.07, 6.45) is -16.4. The molecule has 0 amide bonds. The molecule has 5 aliphatic heterocycles. The minimum Gasteiger partial charge on any atom is -0.462 e. The molecule has 25 heteroatoms. The molecule has 0 aromatic carbocycles. The minimum atomic E-state index is -5.11. The molecule has 9 rings (SSSR count). The standard InChI is InChI=1S/C56H88O24S/c1-25(2)13-12-18-55(10)46-32(73-28(5)58)21-54(9)30-14-15-35-52(6,7)36(17-19-53(35,8)29(30)16-20-56(46,54)51(65)79-55)75-50-45(39(62)34(24-71-50)80-81(66,67)68)78-47-26(3)37(60)42(27(4)72-47)76-48-40(63)43(31(59)23-70-48)77-49-41(64)44(69-11)38(61)33(22-57)74-49/h13-14,26-27,29,31-50,57,59-64H,12,15-24H2,1-11H3,(H,66,67,68)/t26-,27-,29?,31-,32-,33-,34-,35?,36+,37-,38-,39+,40-,41-,42-,43+,44+,45-,46-,47+,48+,49+,50+,53-,54+,55+,56-/m1/s1. The van der Waals surface area contributed by atoms with E-state index in [0.29, 0.717) is 38.5 Å². The Hall–Kier alpha value is -2.35. The highest BCUT2D eigenvalue weighted by Crippen LogP contribution is 2.77. The van der Waals surface area contributed by atoms with Gasteiger partial charge in [-0.2, -0.15) is 8.42 Å². The molecule has 8 N–H and O–H groups in total. The molecule has 5 saturated heterocycles. The molecule has 0 aromatic rings. The molecule has 0 aromatic heterocycles. The van der Waals surface area contributed by atoms with Crippen molar-refractivity contribution >= 4 is 22.3 Å². The molecule has 2 unspecified atom stereocenters. The van der Waals surface area contributed by atoms with E-state index < -0.39 is 181 Å². The Morgan fingerprint density at radius 1 is 0.778 bits per heavy atom. The average Bonchev–Trinajstić information content (AvgIpc) is 1.74. The van der Waals surface area contributed by atoms with Crippen LogP contribution in [0.3, 0.4) is 0 Å². The van der Waals surface area contributed by atoms with Crippen LogP contribution in [0, 0.1) is 45.3 Å². The summed E-state index contributed by atoms with van der Waals surface area (Å²) in [5.74, 6) is -1.83. The highest BCUT2D eigenvalue weighted by atomic mass is 32.3. The Bertz CT molecular complexity index is 2460. The fourth-order valence-corrected chi connectivity index (χ4v) is 17.0. The van der Waals surface area contributed by atoms with Crippen molar-refractivity contribution in [2.75, 3.05) is 26.9 Å². The van der Waals surface area contributed by atoms with Crippen molar-refractivity contribution in [1.82, 2.24) is 0 Å². The second kappa shape index (κ2) is 23.4. The number of hydrogen-bond donors (Lipinski definition) is 8. The summed E-state index contributed by atoms with van der Waals surface area (Å²) in [6, 6.07) is 0. The van der Waals surface area contributed by atoms with Gasteiger partial charge >= 0.3 is 22.3 Å². The van der Waals surface area contributed by atoms with Gasteiger partial charge in [-0.15, -0.1) is 0 Å². The first kappa shape index (κ1) is 63.2. The van der Waals surface area contributed by atoms with Crippen LogP contribution < -0.4 is 0 Å². The number of carbonyl (C=O) groups is 2. The zero-order valence-corrected chi connectivity index (χ0v) is 49.0. The second-order valence-corrected chi connectivity index (χ2v) is 27.0. The third-order valence-electron chi connectivity index (χ3n) is 20.5. The number of allylic oxidation sites excluding steroid dienone is 4. The summed E-state index contributed by atoms with van der Waals surface area (Å²) in [7, 11) is -3.88. The normalized spacial score (nSPS) is 49.5. The van der Waals surface area contributed by atoms with E-state index in [-0.39, 0.29) is 29.1 Å². The van der Waals surface area contributed by atoms with Gasteiger partial charge < -0.3 is 87.9 Å². The Kier molecular flexibility index (Phi) is 18.2. The Morgan fingerprint density at radius 2 is 1.44 bits per heavy atom. The molecule has 9 aliphatic rings. The highest BCUT2D eigenvalue weighted by Gasteiger charge is 2.79. The summed E-state index contributed by atoms with van der Waals surface area (Å²) in [5, 5.41) is 77.2. The molecular formula is C56H88O24S. The van der Waals surface area contributed by atoms with E-state index in [4.69, 9.17) is 56.3 Å². The summed E-state index contributed by atoms with van der Waals surface area (Å²) in [5.41, 5.74) is -0.855. The average molecular weight is 1180 g/mol. The summed E-state index contributed by atoms with van der Waals surface area (Å²) < 4.78 is 106. The maximum Gasteiger partial charge on any atom is 0.397 e. The Labute approximate surface area is 473 Å². The molecule has 27 atom stereocenters. The quantitative estimate of drug-likeness (QED) is 0.0621. The number of rotatable bonds is 16. The lowest BCUT2D eigenvalue weighted by atomic mass is 9.41. The van der Waals surface area contributed by atoms with Crippen LogP contribution in [-0.2, 0) is 76.3 Å². The van der Waals surface area contributed by atoms with Gasteiger partial charge in [-0.3, -0.25) is 14.1 Å². The van der Waals surface area contributed by atoms with Gasteiger partial charge in [0.2, 0.25) is 0 Å². The van der Waals surface area contributed by atoms with Gasteiger partial charge in [-0.05, 0) is 102 Å². The number of esters is 2. The first-order chi connectivity index (χ1) is 37.9. The van der Waals surface area contributed by atoms with Crippen LogP contribution in [0.2, 0.25) is 0 Å². The second-order valence-electron chi connectivity index (χ2n) is 26.0. The third kappa shape index (κ3) is 11.1. The molecular weight excluding hydrogens is 1090 g/mol. The van der Waals surface area contributed by atoms with E-state index in [0.717, 1.165) is 12.8 Å². The number of cyclic esters (lactones) is 1. The lowest BCUT2D eigenvalue weighted by Gasteiger charge is -2.64. The number of carbonyl (C=O) groups excluding carboxylic acids is 2. The van der Waals surface area contributed by atoms with Gasteiger partial charge in [0.15, 0.2) is 25.2 Å². The van der Waals surface area contributed by atoms with Crippen LogP contribution in [0.1, 0.15) is 121 Å². The van der Waals surface area contributed by atoms with Crippen molar-refractivity contribution in [3.8, 4) is 0 Å². The molecule has 24 nitrogen and oxygen atoms in total. The van der Waals surface area contributed by atoms with E-state index in [9.17, 15) is 58.3 Å². The van der Waals surface area contributed by atoms with Crippen LogP contribution in [-0.4, -0.2) is 210 Å². The maximum absolute atomic E-state index is 14.7. The van der Waals surface area contributed by atoms with Gasteiger partial charge in [0.25, 0.3) is 0 Å². The summed E-state index contributed by atoms with van der Waals surface area (Å²) in [6.45, 7) is 17.7. The Balaban J connectivity index is 0.908. The lowest BCUT2D eigenvalue weighted by Crippen LogP contribution is -2.64. The molecule has 1 spiro atoms. The molecule has 8 fully saturated rings. The number of aliphatic hydroxyl groups is 7. The third-order valence-corrected chi connectivity index (χ3v) is 21.0. The number of methoxy groups -OCH3 is 1. The molecule has 5 heterocycles. The number of ether oxygens (including phenoxy) is 11. The topological polar surface area (TPSA) is 341 Å². The number of aliphatic hydroxyl groups excluding tert-OH is 7. The molecule has 4 aliphatic carbocycles. The highest BCUT2D eigenvalue weighted by molar-refractivity contribution is 7.80. The van der Waals surface area contributed by atoms with E-state index in [1.54, 1.807) is 13.8 Å². The fraction of sp³-hybridized carbons (Fsp3) is 0.893. The van der Waals surface area contributed by atoms with Crippen molar-refractivity contribution in [2.45, 2.75) is 243 Å². The van der Waals surface area contributed by atoms with Crippen molar-refractivity contribution in [2.24, 2.45) is 45.3 Å². The van der Waals surface area contributed by atoms with Gasteiger partial charge in [0.05, 0.1) is 49.5 Å². The van der Waals surface area contributed by atoms with Crippen LogP contribution in [0.15, 0.2) is 23.3 Å². The van der Waals surface area contributed by atoms with Crippen LogP contribution in [0.25, 0.3) is 0 Å². The smallest absolute Gasteiger partial charge is 0.397 e. The summed E-state index contributed by atoms with van der Waals surface area (Å²) >= 11 is 0. The van der Waals surface area contributed by atoms with Gasteiger partial charge in [0, 0.05) is 25.4 Å². The molecule has 3 saturated carbocycles. The molecule has 462 valence electrons. The monoisotopic (exact) mass is 1180 g/mol. The zero-order chi connectivity index (χ0) is 59.3. The first-order valence-corrected chi connectivity index (χ1v) is 30.0. The predicted molar refractivity (Wildman–Crippen MR) is 279 cm³/mol. The molecule has 0 radical (unpaired) electrons. The van der Waals surface area contributed by atoms with E-state index in [2.05, 4.69) is 39.8 Å². The predicted octanol–water partition coefficient (Wildman–Crippen LogP) is 1.90. The number of fused-ring (bicyclic) bond motifs is 4. The van der Waals surface area contributed by atoms with Crippen molar-refractivity contribution in [1.29, 1.82) is 0 Å². The molecule has 81 heavy (non-hydrogen) atoms. The van der Waals surface area contributed by atoms with Crippen LogP contribution in [0.4, 0.5) is 0 Å². The van der Waals surface area contributed by atoms with E-state index in [1.165, 1.54) is 25.2 Å². The van der Waals surface area contributed by atoms with Crippen molar-refractivity contribution < 1.29 is 115 Å².